The summed E-state index contributed by atoms with van der Waals surface area (Å²) in [6, 6.07) is 7.66. The first kappa shape index (κ1) is 13.9. The van der Waals surface area contributed by atoms with Gasteiger partial charge < -0.3 is 10.0 Å². The van der Waals surface area contributed by atoms with Crippen molar-refractivity contribution in [3.05, 3.63) is 40.5 Å². The lowest BCUT2D eigenvalue weighted by atomic mass is 10.0. The third kappa shape index (κ3) is 2.61. The van der Waals surface area contributed by atoms with Crippen molar-refractivity contribution in [2.24, 2.45) is 7.05 Å². The van der Waals surface area contributed by atoms with Gasteiger partial charge >= 0.3 is 6.09 Å². The average Bonchev–Trinajstić information content (AvgIpc) is 2.63. The summed E-state index contributed by atoms with van der Waals surface area (Å²) >= 11 is 5.94. The molecule has 0 fully saturated rings. The van der Waals surface area contributed by atoms with Crippen LogP contribution in [-0.4, -0.2) is 39.0 Å². The van der Waals surface area contributed by atoms with Crippen molar-refractivity contribution >= 4 is 17.7 Å². The number of aryl methyl sites for hydroxylation is 1. The van der Waals surface area contributed by atoms with Gasteiger partial charge in [0, 0.05) is 42.7 Å². The van der Waals surface area contributed by atoms with Gasteiger partial charge in [-0.2, -0.15) is 5.10 Å². The molecule has 0 bridgehead atoms. The maximum Gasteiger partial charge on any atom is 0.407 e. The molecular weight excluding hydrogens is 290 g/mol. The van der Waals surface area contributed by atoms with Crippen LogP contribution < -0.4 is 0 Å². The fraction of sp³-hybridized carbons (Fsp3) is 0.333. The third-order valence-electron chi connectivity index (χ3n) is 3.87. The molecule has 0 unspecified atom stereocenters. The lowest BCUT2D eigenvalue weighted by Gasteiger charge is -2.15. The molecule has 3 rings (SSSR count). The number of hydrogen-bond acceptors (Lipinski definition) is 2. The standard InChI is InChI=1S/C15H16ClN3O2/c1-18-14(10-2-4-11(16)5-3-10)12-6-8-19(15(20)21)9-7-13(12)17-18/h2-5H,6-9H2,1H3,(H,20,21). The van der Waals surface area contributed by atoms with E-state index in [1.807, 2.05) is 36.0 Å². The molecule has 1 aliphatic rings. The summed E-state index contributed by atoms with van der Waals surface area (Å²) in [5, 5.41) is 14.4. The number of nitrogens with zero attached hydrogens (tertiary/aromatic N) is 3. The minimum atomic E-state index is -0.863. The highest BCUT2D eigenvalue weighted by atomic mass is 35.5. The number of rotatable bonds is 1. The zero-order valence-electron chi connectivity index (χ0n) is 11.7. The number of carbonyl (C=O) groups is 1. The van der Waals surface area contributed by atoms with Crippen LogP contribution in [0.25, 0.3) is 11.3 Å². The predicted molar refractivity (Wildman–Crippen MR) is 80.7 cm³/mol. The number of carboxylic acid groups (broad SMARTS) is 1. The van der Waals surface area contributed by atoms with E-state index < -0.39 is 6.09 Å². The number of benzene rings is 1. The van der Waals surface area contributed by atoms with Gasteiger partial charge in [0.05, 0.1) is 11.4 Å². The van der Waals surface area contributed by atoms with Crippen LogP contribution in [0.1, 0.15) is 11.3 Å². The largest absolute Gasteiger partial charge is 0.465 e. The molecule has 0 atom stereocenters. The Kier molecular flexibility index (Phi) is 3.59. The van der Waals surface area contributed by atoms with Gasteiger partial charge in [0.2, 0.25) is 0 Å². The van der Waals surface area contributed by atoms with Crippen molar-refractivity contribution in [1.82, 2.24) is 14.7 Å². The number of aromatic nitrogens is 2. The van der Waals surface area contributed by atoms with Crippen molar-refractivity contribution in [1.29, 1.82) is 0 Å². The van der Waals surface area contributed by atoms with Crippen molar-refractivity contribution in [2.45, 2.75) is 12.8 Å². The van der Waals surface area contributed by atoms with Crippen LogP contribution in [0.5, 0.6) is 0 Å². The second-order valence-electron chi connectivity index (χ2n) is 5.17. The van der Waals surface area contributed by atoms with E-state index in [4.69, 9.17) is 16.7 Å². The van der Waals surface area contributed by atoms with E-state index in [2.05, 4.69) is 5.10 Å². The Bertz CT molecular complexity index is 679. The van der Waals surface area contributed by atoms with Crippen LogP contribution >= 0.6 is 11.6 Å². The summed E-state index contributed by atoms with van der Waals surface area (Å²) in [6.45, 7) is 1.01. The number of halogens is 1. The summed E-state index contributed by atoms with van der Waals surface area (Å²) in [4.78, 5) is 12.6. The van der Waals surface area contributed by atoms with Crippen LogP contribution in [-0.2, 0) is 19.9 Å². The molecule has 5 nitrogen and oxygen atoms in total. The molecule has 2 heterocycles. The Morgan fingerprint density at radius 1 is 1.24 bits per heavy atom. The Morgan fingerprint density at radius 2 is 1.90 bits per heavy atom. The summed E-state index contributed by atoms with van der Waals surface area (Å²) in [6.07, 6.45) is 0.480. The van der Waals surface area contributed by atoms with Crippen LogP contribution in [0.4, 0.5) is 4.79 Å². The molecule has 2 aromatic rings. The first-order valence-corrected chi connectivity index (χ1v) is 7.22. The SMILES string of the molecule is Cn1nc2c(c1-c1ccc(Cl)cc1)CCN(C(=O)O)CC2. The molecule has 1 N–H and O–H groups in total. The molecule has 1 aliphatic heterocycles. The van der Waals surface area contributed by atoms with E-state index in [0.717, 1.165) is 22.5 Å². The molecule has 0 radical (unpaired) electrons. The molecule has 0 saturated carbocycles. The predicted octanol–water partition coefficient (Wildman–Crippen LogP) is 2.82. The van der Waals surface area contributed by atoms with Crippen molar-refractivity contribution in [2.75, 3.05) is 13.1 Å². The van der Waals surface area contributed by atoms with Gasteiger partial charge in [-0.25, -0.2) is 4.79 Å². The fourth-order valence-electron chi connectivity index (χ4n) is 2.85. The third-order valence-corrected chi connectivity index (χ3v) is 4.12. The van der Waals surface area contributed by atoms with Crippen LogP contribution in [0.15, 0.2) is 24.3 Å². The van der Waals surface area contributed by atoms with E-state index in [1.54, 1.807) is 0 Å². The summed E-state index contributed by atoms with van der Waals surface area (Å²) < 4.78 is 1.88. The zero-order chi connectivity index (χ0) is 15.0. The smallest absolute Gasteiger partial charge is 0.407 e. The van der Waals surface area contributed by atoms with Crippen molar-refractivity contribution < 1.29 is 9.90 Å². The summed E-state index contributed by atoms with van der Waals surface area (Å²) in [7, 11) is 1.92. The molecule has 6 heteroatoms. The maximum atomic E-state index is 11.1. The Hall–Kier alpha value is -2.01. The minimum absolute atomic E-state index is 0.499. The van der Waals surface area contributed by atoms with Gasteiger partial charge in [-0.1, -0.05) is 23.7 Å². The first-order chi connectivity index (χ1) is 10.1. The first-order valence-electron chi connectivity index (χ1n) is 6.85. The van der Waals surface area contributed by atoms with Crippen LogP contribution in [0.3, 0.4) is 0 Å². The molecule has 0 saturated heterocycles. The van der Waals surface area contributed by atoms with Crippen LogP contribution in [0.2, 0.25) is 5.02 Å². The highest BCUT2D eigenvalue weighted by Crippen LogP contribution is 2.29. The summed E-state index contributed by atoms with van der Waals surface area (Å²) in [5.41, 5.74) is 4.24. The molecule has 21 heavy (non-hydrogen) atoms. The molecule has 1 aromatic carbocycles. The van der Waals surface area contributed by atoms with Gasteiger partial charge in [0.1, 0.15) is 0 Å². The van der Waals surface area contributed by atoms with E-state index >= 15 is 0 Å². The van der Waals surface area contributed by atoms with Gasteiger partial charge in [-0.3, -0.25) is 4.68 Å². The van der Waals surface area contributed by atoms with Gasteiger partial charge in [0.15, 0.2) is 0 Å². The second-order valence-corrected chi connectivity index (χ2v) is 5.61. The summed E-state index contributed by atoms with van der Waals surface area (Å²) in [5.74, 6) is 0. The van der Waals surface area contributed by atoms with E-state index in [1.165, 1.54) is 4.90 Å². The van der Waals surface area contributed by atoms with E-state index in [0.29, 0.717) is 31.0 Å². The minimum Gasteiger partial charge on any atom is -0.465 e. The quantitative estimate of drug-likeness (QED) is 0.881. The average molecular weight is 306 g/mol. The van der Waals surface area contributed by atoms with Gasteiger partial charge in [-0.05, 0) is 18.6 Å². The molecule has 110 valence electrons. The second kappa shape index (κ2) is 5.41. The van der Waals surface area contributed by atoms with Crippen LogP contribution in [0, 0.1) is 0 Å². The zero-order valence-corrected chi connectivity index (χ0v) is 12.5. The fourth-order valence-corrected chi connectivity index (χ4v) is 2.97. The maximum absolute atomic E-state index is 11.1. The number of hydrogen-bond donors (Lipinski definition) is 1. The Morgan fingerprint density at radius 3 is 2.57 bits per heavy atom. The molecule has 0 spiro atoms. The topological polar surface area (TPSA) is 58.4 Å². The lowest BCUT2D eigenvalue weighted by molar-refractivity contribution is 0.147. The molecule has 1 aromatic heterocycles. The van der Waals surface area contributed by atoms with Gasteiger partial charge in [0.25, 0.3) is 0 Å². The molecule has 1 amide bonds. The molecule has 0 aliphatic carbocycles. The lowest BCUT2D eigenvalue weighted by Crippen LogP contribution is -2.31. The normalized spacial score (nSPS) is 14.7. The van der Waals surface area contributed by atoms with E-state index in [-0.39, 0.29) is 0 Å². The number of amides is 1. The monoisotopic (exact) mass is 305 g/mol. The van der Waals surface area contributed by atoms with Crippen molar-refractivity contribution in [3.8, 4) is 11.3 Å². The highest BCUT2D eigenvalue weighted by molar-refractivity contribution is 6.30. The van der Waals surface area contributed by atoms with Crippen molar-refractivity contribution in [3.63, 3.8) is 0 Å². The molecular formula is C15H16ClN3O2. The number of fused-ring (bicyclic) bond motifs is 1. The highest BCUT2D eigenvalue weighted by Gasteiger charge is 2.23. The van der Waals surface area contributed by atoms with E-state index in [9.17, 15) is 4.79 Å². The van der Waals surface area contributed by atoms with Gasteiger partial charge in [-0.15, -0.1) is 0 Å². The Balaban J connectivity index is 1.99. The Labute approximate surface area is 127 Å².